The van der Waals surface area contributed by atoms with Gasteiger partial charge in [-0.25, -0.2) is 14.2 Å². The van der Waals surface area contributed by atoms with E-state index in [-0.39, 0.29) is 11.7 Å². The van der Waals surface area contributed by atoms with Gasteiger partial charge in [-0.1, -0.05) is 0 Å². The average Bonchev–Trinajstić information content (AvgIpc) is 2.80. The number of aromatic nitrogens is 2. The molecule has 0 radical (unpaired) electrons. The van der Waals surface area contributed by atoms with Gasteiger partial charge < -0.3 is 14.8 Å². The third-order valence-electron chi connectivity index (χ3n) is 3.53. The molecule has 1 aromatic carbocycles. The predicted octanol–water partition coefficient (Wildman–Crippen LogP) is 2.51. The summed E-state index contributed by atoms with van der Waals surface area (Å²) in [5, 5.41) is 9.09. The summed E-state index contributed by atoms with van der Waals surface area (Å²) in [5.74, 6) is -1.12. The maximum Gasteiger partial charge on any atom is 0.338 e. The van der Waals surface area contributed by atoms with Crippen LogP contribution in [0.4, 0.5) is 4.39 Å². The van der Waals surface area contributed by atoms with Crippen molar-refractivity contribution in [2.45, 2.75) is 31.8 Å². The normalized spacial score (nSPS) is 19.4. The van der Waals surface area contributed by atoms with Crippen LogP contribution in [0.5, 0.6) is 0 Å². The summed E-state index contributed by atoms with van der Waals surface area (Å²) in [6.45, 7) is 0.750. The molecule has 1 aliphatic heterocycles. The number of imidazole rings is 1. The lowest BCUT2D eigenvalue weighted by atomic mass is 10.1. The molecule has 5 nitrogen and oxygen atoms in total. The maximum atomic E-state index is 13.4. The van der Waals surface area contributed by atoms with Gasteiger partial charge in [0.2, 0.25) is 0 Å². The molecule has 1 fully saturated rings. The van der Waals surface area contributed by atoms with E-state index < -0.39 is 11.8 Å². The van der Waals surface area contributed by atoms with Gasteiger partial charge in [-0.2, -0.15) is 0 Å². The van der Waals surface area contributed by atoms with Crippen LogP contribution in [0.3, 0.4) is 0 Å². The zero-order valence-corrected chi connectivity index (χ0v) is 10.9. The lowest BCUT2D eigenvalue weighted by Crippen LogP contribution is -2.21. The van der Waals surface area contributed by atoms with Gasteiger partial charge in [0.25, 0.3) is 0 Å². The number of nitrogens with one attached hydrogen (secondary N) is 1. The second-order valence-corrected chi connectivity index (χ2v) is 5.03. The van der Waals surface area contributed by atoms with Gasteiger partial charge in [0.05, 0.1) is 17.2 Å². The highest BCUT2D eigenvalue weighted by Gasteiger charge is 2.19. The Morgan fingerprint density at radius 1 is 1.50 bits per heavy atom. The quantitative estimate of drug-likeness (QED) is 0.904. The summed E-state index contributed by atoms with van der Waals surface area (Å²) >= 11 is 0. The molecule has 1 saturated heterocycles. The molecule has 1 unspecified atom stereocenters. The van der Waals surface area contributed by atoms with Gasteiger partial charge in [-0.3, -0.25) is 0 Å². The smallest absolute Gasteiger partial charge is 0.338 e. The van der Waals surface area contributed by atoms with Crippen LogP contribution in [-0.4, -0.2) is 33.8 Å². The average molecular weight is 278 g/mol. The number of hydrogen-bond donors (Lipinski definition) is 2. The van der Waals surface area contributed by atoms with Crippen molar-refractivity contribution in [1.82, 2.24) is 9.97 Å². The topological polar surface area (TPSA) is 75.2 Å². The fraction of sp³-hybridized carbons (Fsp3) is 0.429. The number of aromatic carboxylic acids is 1. The highest BCUT2D eigenvalue weighted by atomic mass is 19.1. The number of carboxylic acid groups (broad SMARTS) is 1. The SMILES string of the molecule is O=C(O)c1cc(F)cc2[nH]c(CC3CCCCO3)nc12. The number of benzene rings is 1. The molecule has 20 heavy (non-hydrogen) atoms. The van der Waals surface area contributed by atoms with Crippen LogP contribution >= 0.6 is 0 Å². The van der Waals surface area contributed by atoms with E-state index in [9.17, 15) is 9.18 Å². The second kappa shape index (κ2) is 5.20. The first-order valence-electron chi connectivity index (χ1n) is 6.66. The monoisotopic (exact) mass is 278 g/mol. The van der Waals surface area contributed by atoms with Crippen molar-refractivity contribution < 1.29 is 19.0 Å². The van der Waals surface area contributed by atoms with Gasteiger partial charge in [0.1, 0.15) is 17.2 Å². The minimum Gasteiger partial charge on any atom is -0.478 e. The Kier molecular flexibility index (Phi) is 3.40. The number of hydrogen-bond acceptors (Lipinski definition) is 3. The van der Waals surface area contributed by atoms with Gasteiger partial charge >= 0.3 is 5.97 Å². The van der Waals surface area contributed by atoms with Crippen molar-refractivity contribution in [3.8, 4) is 0 Å². The third-order valence-corrected chi connectivity index (χ3v) is 3.53. The predicted molar refractivity (Wildman–Crippen MR) is 70.3 cm³/mol. The van der Waals surface area contributed by atoms with Crippen molar-refractivity contribution >= 4 is 17.0 Å². The molecule has 0 amide bonds. The molecule has 2 aromatic rings. The lowest BCUT2D eigenvalue weighted by molar-refractivity contribution is 0.0158. The molecular formula is C14H15FN2O3. The standard InChI is InChI=1S/C14H15FN2O3/c15-8-5-10(14(18)19)13-11(6-8)16-12(17-13)7-9-3-1-2-4-20-9/h5-6,9H,1-4,7H2,(H,16,17)(H,18,19). The zero-order valence-electron chi connectivity index (χ0n) is 10.9. The molecule has 106 valence electrons. The van der Waals surface area contributed by atoms with E-state index in [4.69, 9.17) is 9.84 Å². The van der Waals surface area contributed by atoms with Crippen LogP contribution in [0.2, 0.25) is 0 Å². The maximum absolute atomic E-state index is 13.4. The second-order valence-electron chi connectivity index (χ2n) is 5.03. The van der Waals surface area contributed by atoms with E-state index >= 15 is 0 Å². The summed E-state index contributed by atoms with van der Waals surface area (Å²) in [5.41, 5.74) is 0.588. The minimum absolute atomic E-state index is 0.0995. The van der Waals surface area contributed by atoms with Crippen LogP contribution in [0, 0.1) is 5.82 Å². The molecule has 0 bridgehead atoms. The Labute approximate surface area is 114 Å². The number of rotatable bonds is 3. The number of halogens is 1. The fourth-order valence-electron chi connectivity index (χ4n) is 2.58. The third kappa shape index (κ3) is 2.51. The Hall–Kier alpha value is -1.95. The molecular weight excluding hydrogens is 263 g/mol. The summed E-state index contributed by atoms with van der Waals surface area (Å²) in [4.78, 5) is 18.4. The van der Waals surface area contributed by atoms with E-state index in [1.807, 2.05) is 0 Å². The van der Waals surface area contributed by atoms with Crippen LogP contribution in [0.15, 0.2) is 12.1 Å². The van der Waals surface area contributed by atoms with E-state index in [2.05, 4.69) is 9.97 Å². The van der Waals surface area contributed by atoms with Crippen LogP contribution in [-0.2, 0) is 11.2 Å². The van der Waals surface area contributed by atoms with Gasteiger partial charge in [0.15, 0.2) is 0 Å². The van der Waals surface area contributed by atoms with Crippen LogP contribution in [0.1, 0.15) is 35.4 Å². The summed E-state index contributed by atoms with van der Waals surface area (Å²) < 4.78 is 19.0. The molecule has 1 atom stereocenters. The van der Waals surface area contributed by atoms with Crippen molar-refractivity contribution in [2.24, 2.45) is 0 Å². The molecule has 0 saturated carbocycles. The minimum atomic E-state index is -1.18. The first kappa shape index (κ1) is 13.1. The highest BCUT2D eigenvalue weighted by Crippen LogP contribution is 2.21. The molecule has 1 aliphatic rings. The van der Waals surface area contributed by atoms with Gasteiger partial charge in [0, 0.05) is 13.0 Å². The molecule has 2 N–H and O–H groups in total. The molecule has 0 spiro atoms. The number of aromatic amines is 1. The van der Waals surface area contributed by atoms with E-state index in [0.29, 0.717) is 23.3 Å². The fourth-order valence-corrected chi connectivity index (χ4v) is 2.58. The molecule has 1 aromatic heterocycles. The number of carboxylic acids is 1. The number of H-pyrrole nitrogens is 1. The molecule has 6 heteroatoms. The number of ether oxygens (including phenoxy) is 1. The number of nitrogens with zero attached hydrogens (tertiary/aromatic N) is 1. The first-order valence-corrected chi connectivity index (χ1v) is 6.66. The highest BCUT2D eigenvalue weighted by molar-refractivity contribution is 6.00. The Bertz CT molecular complexity index is 647. The van der Waals surface area contributed by atoms with E-state index in [0.717, 1.165) is 31.9 Å². The zero-order chi connectivity index (χ0) is 14.1. The summed E-state index contributed by atoms with van der Waals surface area (Å²) in [6.07, 6.45) is 3.86. The van der Waals surface area contributed by atoms with E-state index in [1.165, 1.54) is 6.07 Å². The van der Waals surface area contributed by atoms with Crippen molar-refractivity contribution in [3.63, 3.8) is 0 Å². The number of carbonyl (C=O) groups is 1. The van der Waals surface area contributed by atoms with Crippen molar-refractivity contribution in [2.75, 3.05) is 6.61 Å². The lowest BCUT2D eigenvalue weighted by Gasteiger charge is -2.21. The van der Waals surface area contributed by atoms with Crippen LogP contribution in [0.25, 0.3) is 11.0 Å². The Morgan fingerprint density at radius 2 is 2.35 bits per heavy atom. The van der Waals surface area contributed by atoms with Crippen molar-refractivity contribution in [3.05, 3.63) is 29.3 Å². The van der Waals surface area contributed by atoms with Crippen molar-refractivity contribution in [1.29, 1.82) is 0 Å². The van der Waals surface area contributed by atoms with Gasteiger partial charge in [-0.15, -0.1) is 0 Å². The number of fused-ring (bicyclic) bond motifs is 1. The van der Waals surface area contributed by atoms with E-state index in [1.54, 1.807) is 0 Å². The summed E-state index contributed by atoms with van der Waals surface area (Å²) in [6, 6.07) is 2.26. The van der Waals surface area contributed by atoms with Gasteiger partial charge in [-0.05, 0) is 31.4 Å². The largest absolute Gasteiger partial charge is 0.478 e. The first-order chi connectivity index (χ1) is 9.63. The van der Waals surface area contributed by atoms with Crippen LogP contribution < -0.4 is 0 Å². The molecule has 3 rings (SSSR count). The summed E-state index contributed by atoms with van der Waals surface area (Å²) in [7, 11) is 0. The Morgan fingerprint density at radius 3 is 3.05 bits per heavy atom. The Balaban J connectivity index is 1.93. The molecule has 0 aliphatic carbocycles. The molecule has 2 heterocycles.